The zero-order valence-corrected chi connectivity index (χ0v) is 15.4. The average molecular weight is 384 g/mol. The molecular formula is C18H14ClN5OS. The molecule has 26 heavy (non-hydrogen) atoms. The molecule has 0 bridgehead atoms. The molecule has 4 rings (SSSR count). The Morgan fingerprint density at radius 2 is 2.00 bits per heavy atom. The van der Waals surface area contributed by atoms with Crippen molar-refractivity contribution in [3.63, 3.8) is 0 Å². The van der Waals surface area contributed by atoms with Crippen molar-refractivity contribution in [3.05, 3.63) is 71.1 Å². The highest BCUT2D eigenvalue weighted by molar-refractivity contribution is 7.98. The second-order valence-corrected chi connectivity index (χ2v) is 7.03. The molecule has 8 heteroatoms. The molecule has 0 N–H and O–H groups in total. The van der Waals surface area contributed by atoms with Crippen molar-refractivity contribution in [2.24, 2.45) is 0 Å². The van der Waals surface area contributed by atoms with Gasteiger partial charge in [0.05, 0.1) is 11.4 Å². The monoisotopic (exact) mass is 383 g/mol. The van der Waals surface area contributed by atoms with E-state index in [2.05, 4.69) is 20.5 Å². The lowest BCUT2D eigenvalue weighted by molar-refractivity contribution is 0.573. The summed E-state index contributed by atoms with van der Waals surface area (Å²) in [7, 11) is 0. The normalized spacial score (nSPS) is 11.0. The number of benzene rings is 2. The lowest BCUT2D eigenvalue weighted by atomic mass is 10.2. The first-order valence-electron chi connectivity index (χ1n) is 7.87. The molecule has 0 aliphatic carbocycles. The van der Waals surface area contributed by atoms with Gasteiger partial charge in [-0.1, -0.05) is 47.1 Å². The Hall–Kier alpha value is -2.64. The van der Waals surface area contributed by atoms with E-state index >= 15 is 0 Å². The largest absolute Gasteiger partial charge is 0.444 e. The number of aryl methyl sites for hydroxylation is 1. The molecule has 130 valence electrons. The molecule has 0 fully saturated rings. The van der Waals surface area contributed by atoms with Gasteiger partial charge in [-0.15, -0.1) is 5.10 Å². The van der Waals surface area contributed by atoms with Crippen LogP contribution in [0.4, 0.5) is 0 Å². The number of hydrogen-bond donors (Lipinski definition) is 0. The van der Waals surface area contributed by atoms with Gasteiger partial charge in [0, 0.05) is 16.3 Å². The highest BCUT2D eigenvalue weighted by Crippen LogP contribution is 2.26. The van der Waals surface area contributed by atoms with E-state index in [1.165, 1.54) is 17.3 Å². The van der Waals surface area contributed by atoms with E-state index in [1.807, 2.05) is 55.5 Å². The molecule has 0 radical (unpaired) electrons. The number of rotatable bonds is 5. The number of thioether (sulfide) groups is 1. The maximum atomic E-state index is 6.02. The third-order valence-corrected chi connectivity index (χ3v) is 4.88. The standard InChI is InChI=1S/C18H14ClN5OS/c1-12-5-7-16(8-6-12)24-18(21-22-23-24)26-11-15-10-25-17(20-15)13-3-2-4-14(19)9-13/h2-10H,11H2,1H3. The van der Waals surface area contributed by atoms with E-state index in [0.717, 1.165) is 16.9 Å². The van der Waals surface area contributed by atoms with Crippen molar-refractivity contribution < 1.29 is 4.42 Å². The summed E-state index contributed by atoms with van der Waals surface area (Å²) in [5, 5.41) is 13.3. The minimum atomic E-state index is 0.543. The Bertz CT molecular complexity index is 1030. The van der Waals surface area contributed by atoms with Crippen LogP contribution in [0.15, 0.2) is 64.4 Å². The molecule has 0 saturated carbocycles. The highest BCUT2D eigenvalue weighted by atomic mass is 35.5. The topological polar surface area (TPSA) is 69.6 Å². The number of tetrazole rings is 1. The van der Waals surface area contributed by atoms with E-state index in [1.54, 1.807) is 10.9 Å². The van der Waals surface area contributed by atoms with E-state index < -0.39 is 0 Å². The Morgan fingerprint density at radius 3 is 2.81 bits per heavy atom. The average Bonchev–Trinajstić information content (AvgIpc) is 3.30. The van der Waals surface area contributed by atoms with Crippen LogP contribution in [0.5, 0.6) is 0 Å². The van der Waals surface area contributed by atoms with Crippen LogP contribution < -0.4 is 0 Å². The molecule has 0 saturated heterocycles. The lowest BCUT2D eigenvalue weighted by Gasteiger charge is -2.03. The van der Waals surface area contributed by atoms with Crippen molar-refractivity contribution in [3.8, 4) is 17.1 Å². The van der Waals surface area contributed by atoms with E-state index in [4.69, 9.17) is 16.0 Å². The first-order chi connectivity index (χ1) is 12.7. The summed E-state index contributed by atoms with van der Waals surface area (Å²) in [5.74, 6) is 1.14. The summed E-state index contributed by atoms with van der Waals surface area (Å²) in [6.07, 6.45) is 1.64. The van der Waals surface area contributed by atoms with Crippen LogP contribution in [0.2, 0.25) is 5.02 Å². The van der Waals surface area contributed by atoms with Crippen molar-refractivity contribution >= 4 is 23.4 Å². The lowest BCUT2D eigenvalue weighted by Crippen LogP contribution is -1.99. The van der Waals surface area contributed by atoms with Crippen molar-refractivity contribution in [1.82, 2.24) is 25.2 Å². The van der Waals surface area contributed by atoms with Gasteiger partial charge >= 0.3 is 0 Å². The van der Waals surface area contributed by atoms with E-state index in [9.17, 15) is 0 Å². The van der Waals surface area contributed by atoms with E-state index in [-0.39, 0.29) is 0 Å². The summed E-state index contributed by atoms with van der Waals surface area (Å²) in [6, 6.07) is 15.4. The van der Waals surface area contributed by atoms with Gasteiger partial charge in [-0.05, 0) is 47.7 Å². The fourth-order valence-electron chi connectivity index (χ4n) is 2.38. The summed E-state index contributed by atoms with van der Waals surface area (Å²) < 4.78 is 7.27. The molecule has 0 aliphatic rings. The van der Waals surface area contributed by atoms with Crippen LogP contribution in [0.25, 0.3) is 17.1 Å². The second kappa shape index (κ2) is 7.31. The van der Waals surface area contributed by atoms with Crippen LogP contribution in [-0.4, -0.2) is 25.2 Å². The summed E-state index contributed by atoms with van der Waals surface area (Å²) in [4.78, 5) is 4.51. The number of oxazole rings is 1. The molecule has 0 unspecified atom stereocenters. The van der Waals surface area contributed by atoms with Crippen molar-refractivity contribution in [1.29, 1.82) is 0 Å². The third-order valence-electron chi connectivity index (χ3n) is 3.69. The zero-order valence-electron chi connectivity index (χ0n) is 13.8. The SMILES string of the molecule is Cc1ccc(-n2nnnc2SCc2coc(-c3cccc(Cl)c3)n2)cc1. The van der Waals surface area contributed by atoms with Crippen LogP contribution in [0.3, 0.4) is 0 Å². The summed E-state index contributed by atoms with van der Waals surface area (Å²) >= 11 is 7.51. The maximum Gasteiger partial charge on any atom is 0.226 e. The second-order valence-electron chi connectivity index (χ2n) is 5.65. The maximum absolute atomic E-state index is 6.02. The van der Waals surface area contributed by atoms with Gasteiger partial charge in [-0.3, -0.25) is 0 Å². The van der Waals surface area contributed by atoms with Gasteiger partial charge in [0.2, 0.25) is 11.0 Å². The van der Waals surface area contributed by atoms with Crippen LogP contribution in [0, 0.1) is 6.92 Å². The molecule has 2 aromatic carbocycles. The molecule has 0 aliphatic heterocycles. The Morgan fingerprint density at radius 1 is 1.15 bits per heavy atom. The fourth-order valence-corrected chi connectivity index (χ4v) is 3.34. The van der Waals surface area contributed by atoms with Crippen LogP contribution >= 0.6 is 23.4 Å². The number of nitrogens with zero attached hydrogens (tertiary/aromatic N) is 5. The number of hydrogen-bond acceptors (Lipinski definition) is 6. The zero-order chi connectivity index (χ0) is 17.9. The fraction of sp³-hybridized carbons (Fsp3) is 0.111. The van der Waals surface area contributed by atoms with Gasteiger partial charge in [-0.2, -0.15) is 4.68 Å². The molecule has 2 aromatic heterocycles. The van der Waals surface area contributed by atoms with Gasteiger partial charge in [-0.25, -0.2) is 4.98 Å². The Balaban J connectivity index is 1.49. The van der Waals surface area contributed by atoms with Gasteiger partial charge in [0.15, 0.2) is 0 Å². The highest BCUT2D eigenvalue weighted by Gasteiger charge is 2.12. The molecule has 0 amide bonds. The van der Waals surface area contributed by atoms with Crippen LogP contribution in [0.1, 0.15) is 11.3 Å². The van der Waals surface area contributed by atoms with E-state index in [0.29, 0.717) is 21.8 Å². The predicted molar refractivity (Wildman–Crippen MR) is 100 cm³/mol. The minimum Gasteiger partial charge on any atom is -0.444 e. The quantitative estimate of drug-likeness (QED) is 0.470. The molecular weight excluding hydrogens is 370 g/mol. The van der Waals surface area contributed by atoms with Crippen molar-refractivity contribution in [2.75, 3.05) is 0 Å². The Labute approximate surface area is 159 Å². The molecule has 4 aromatic rings. The Kier molecular flexibility index (Phi) is 4.73. The number of halogens is 1. The molecule has 2 heterocycles. The smallest absolute Gasteiger partial charge is 0.226 e. The van der Waals surface area contributed by atoms with Gasteiger partial charge in [0.25, 0.3) is 0 Å². The van der Waals surface area contributed by atoms with Crippen molar-refractivity contribution in [2.45, 2.75) is 17.8 Å². The predicted octanol–water partition coefficient (Wildman–Crippen LogP) is 4.57. The molecule has 6 nitrogen and oxygen atoms in total. The first kappa shape index (κ1) is 16.8. The minimum absolute atomic E-state index is 0.543. The number of aromatic nitrogens is 5. The van der Waals surface area contributed by atoms with Gasteiger partial charge < -0.3 is 4.42 Å². The third kappa shape index (κ3) is 3.63. The summed E-state index contributed by atoms with van der Waals surface area (Å²) in [5.41, 5.74) is 3.76. The summed E-state index contributed by atoms with van der Waals surface area (Å²) in [6.45, 7) is 2.04. The van der Waals surface area contributed by atoms with Gasteiger partial charge in [0.1, 0.15) is 6.26 Å². The van der Waals surface area contributed by atoms with Crippen LogP contribution in [-0.2, 0) is 5.75 Å². The molecule has 0 atom stereocenters. The molecule has 0 spiro atoms. The first-order valence-corrected chi connectivity index (χ1v) is 9.24.